The van der Waals surface area contributed by atoms with Crippen LogP contribution in [0.4, 0.5) is 11.6 Å². The fourth-order valence-corrected chi connectivity index (χ4v) is 2.31. The monoisotopic (exact) mass is 316 g/mol. The van der Waals surface area contributed by atoms with E-state index in [0.717, 1.165) is 13.0 Å². The zero-order chi connectivity index (χ0) is 15.7. The van der Waals surface area contributed by atoms with E-state index in [1.165, 1.54) is 0 Å². The van der Waals surface area contributed by atoms with Crippen LogP contribution in [0.2, 0.25) is 0 Å². The third-order valence-corrected chi connectivity index (χ3v) is 4.47. The van der Waals surface area contributed by atoms with Crippen LogP contribution in [0.3, 0.4) is 0 Å². The van der Waals surface area contributed by atoms with Crippen LogP contribution in [-0.2, 0) is 21.2 Å². The van der Waals surface area contributed by atoms with Gasteiger partial charge in [-0.3, -0.25) is 0 Å². The minimum Gasteiger partial charge on any atom is -0.377 e. The van der Waals surface area contributed by atoms with Gasteiger partial charge in [0, 0.05) is 32.0 Å². The van der Waals surface area contributed by atoms with Gasteiger partial charge in [0.25, 0.3) is 0 Å². The van der Waals surface area contributed by atoms with Crippen LogP contribution in [0.1, 0.15) is 26.1 Å². The molecule has 0 aliphatic carbocycles. The normalized spacial score (nSPS) is 11.4. The number of rotatable bonds is 10. The van der Waals surface area contributed by atoms with E-state index < -0.39 is 9.84 Å². The topological polar surface area (TPSA) is 93.2 Å². The molecule has 120 valence electrons. The van der Waals surface area contributed by atoms with Crippen LogP contribution in [0, 0.1) is 0 Å². The van der Waals surface area contributed by atoms with E-state index >= 15 is 0 Å². The number of methoxy groups -OCH3 is 1. The number of hydrogen-bond acceptors (Lipinski definition) is 7. The van der Waals surface area contributed by atoms with Gasteiger partial charge in [0.2, 0.25) is 0 Å². The molecule has 1 rings (SSSR count). The van der Waals surface area contributed by atoms with Gasteiger partial charge in [0.05, 0.1) is 5.75 Å². The van der Waals surface area contributed by atoms with Crippen molar-refractivity contribution in [2.45, 2.75) is 26.9 Å². The molecule has 0 spiro atoms. The molecular weight excluding hydrogens is 292 g/mol. The van der Waals surface area contributed by atoms with Crippen LogP contribution >= 0.6 is 0 Å². The summed E-state index contributed by atoms with van der Waals surface area (Å²) in [6.07, 6.45) is 0.987. The van der Waals surface area contributed by atoms with Crippen molar-refractivity contribution in [1.82, 2.24) is 9.97 Å². The predicted molar refractivity (Wildman–Crippen MR) is 84.3 cm³/mol. The Morgan fingerprint density at radius 2 is 1.76 bits per heavy atom. The summed E-state index contributed by atoms with van der Waals surface area (Å²) in [5.41, 5.74) is 0. The van der Waals surface area contributed by atoms with E-state index in [4.69, 9.17) is 4.74 Å². The van der Waals surface area contributed by atoms with E-state index in [1.807, 2.05) is 0 Å². The minimum atomic E-state index is -2.98. The van der Waals surface area contributed by atoms with Crippen molar-refractivity contribution < 1.29 is 13.2 Å². The second kappa shape index (κ2) is 8.78. The zero-order valence-electron chi connectivity index (χ0n) is 12.8. The molecule has 0 atom stereocenters. The SMILES string of the molecule is CCCNc1cc(NCCS(=O)(=O)CC)nc(COC)n1. The molecule has 21 heavy (non-hydrogen) atoms. The maximum atomic E-state index is 11.5. The van der Waals surface area contributed by atoms with Gasteiger partial charge >= 0.3 is 0 Å². The van der Waals surface area contributed by atoms with E-state index in [9.17, 15) is 8.42 Å². The molecule has 0 aromatic carbocycles. The highest BCUT2D eigenvalue weighted by molar-refractivity contribution is 7.91. The highest BCUT2D eigenvalue weighted by atomic mass is 32.2. The van der Waals surface area contributed by atoms with Crippen molar-refractivity contribution in [1.29, 1.82) is 0 Å². The lowest BCUT2D eigenvalue weighted by Gasteiger charge is -2.11. The summed E-state index contributed by atoms with van der Waals surface area (Å²) >= 11 is 0. The second-order valence-corrected chi connectivity index (χ2v) is 7.05. The van der Waals surface area contributed by atoms with Crippen molar-refractivity contribution in [3.8, 4) is 0 Å². The molecule has 0 bridgehead atoms. The first-order valence-electron chi connectivity index (χ1n) is 7.05. The molecule has 0 radical (unpaired) electrons. The third kappa shape index (κ3) is 6.72. The maximum absolute atomic E-state index is 11.5. The lowest BCUT2D eigenvalue weighted by atomic mass is 10.4. The Hall–Kier alpha value is -1.41. The van der Waals surface area contributed by atoms with Crippen LogP contribution < -0.4 is 10.6 Å². The van der Waals surface area contributed by atoms with Crippen LogP contribution in [-0.4, -0.2) is 50.1 Å². The summed E-state index contributed by atoms with van der Waals surface area (Å²) in [6.45, 7) is 5.16. The van der Waals surface area contributed by atoms with Crippen LogP contribution in [0.15, 0.2) is 6.07 Å². The number of aromatic nitrogens is 2. The Bertz CT molecular complexity index is 534. The fourth-order valence-electron chi connectivity index (χ4n) is 1.60. The van der Waals surface area contributed by atoms with Gasteiger partial charge in [-0.05, 0) is 6.42 Å². The molecule has 0 fully saturated rings. The van der Waals surface area contributed by atoms with Crippen molar-refractivity contribution >= 4 is 21.5 Å². The fraction of sp³-hybridized carbons (Fsp3) is 0.692. The molecule has 0 aliphatic rings. The van der Waals surface area contributed by atoms with Gasteiger partial charge in [0.15, 0.2) is 15.7 Å². The highest BCUT2D eigenvalue weighted by Gasteiger charge is 2.08. The molecule has 7 nitrogen and oxygen atoms in total. The van der Waals surface area contributed by atoms with E-state index in [1.54, 1.807) is 20.1 Å². The summed E-state index contributed by atoms with van der Waals surface area (Å²) in [6, 6.07) is 1.77. The maximum Gasteiger partial charge on any atom is 0.158 e. The largest absolute Gasteiger partial charge is 0.377 e. The van der Waals surface area contributed by atoms with Gasteiger partial charge in [-0.2, -0.15) is 0 Å². The summed E-state index contributed by atoms with van der Waals surface area (Å²) in [7, 11) is -1.40. The van der Waals surface area contributed by atoms with Crippen molar-refractivity contribution in [3.05, 3.63) is 11.9 Å². The van der Waals surface area contributed by atoms with Crippen molar-refractivity contribution in [2.75, 3.05) is 42.3 Å². The molecule has 8 heteroatoms. The van der Waals surface area contributed by atoms with Crippen LogP contribution in [0.5, 0.6) is 0 Å². The molecule has 0 unspecified atom stereocenters. The number of hydrogen-bond donors (Lipinski definition) is 2. The van der Waals surface area contributed by atoms with Gasteiger partial charge in [-0.15, -0.1) is 0 Å². The Balaban J connectivity index is 2.72. The summed E-state index contributed by atoms with van der Waals surface area (Å²) in [5.74, 6) is 2.10. The Kier molecular flexibility index (Phi) is 7.38. The van der Waals surface area contributed by atoms with Gasteiger partial charge < -0.3 is 15.4 Å². The molecular formula is C13H24N4O3S. The van der Waals surface area contributed by atoms with E-state index in [0.29, 0.717) is 30.6 Å². The predicted octanol–water partition coefficient (Wildman–Crippen LogP) is 1.29. The van der Waals surface area contributed by atoms with E-state index in [2.05, 4.69) is 27.5 Å². The number of sulfone groups is 1. The quantitative estimate of drug-likeness (QED) is 0.672. The van der Waals surface area contributed by atoms with Crippen molar-refractivity contribution in [3.63, 3.8) is 0 Å². The van der Waals surface area contributed by atoms with Crippen molar-refractivity contribution in [2.24, 2.45) is 0 Å². The second-order valence-electron chi connectivity index (χ2n) is 4.58. The zero-order valence-corrected chi connectivity index (χ0v) is 13.7. The van der Waals surface area contributed by atoms with Gasteiger partial charge in [0.1, 0.15) is 18.2 Å². The average Bonchev–Trinajstić information content (AvgIpc) is 2.45. The Morgan fingerprint density at radius 3 is 2.29 bits per heavy atom. The number of ether oxygens (including phenoxy) is 1. The van der Waals surface area contributed by atoms with Gasteiger partial charge in [-0.25, -0.2) is 18.4 Å². The van der Waals surface area contributed by atoms with Crippen LogP contribution in [0.25, 0.3) is 0 Å². The molecule has 0 saturated heterocycles. The summed E-state index contributed by atoms with van der Waals surface area (Å²) < 4.78 is 28.0. The number of anilines is 2. The summed E-state index contributed by atoms with van der Waals surface area (Å²) in [4.78, 5) is 8.62. The first kappa shape index (κ1) is 17.6. The minimum absolute atomic E-state index is 0.0881. The first-order chi connectivity index (χ1) is 10.0. The third-order valence-electron chi connectivity index (χ3n) is 2.76. The lowest BCUT2D eigenvalue weighted by molar-refractivity contribution is 0.178. The standard InChI is InChI=1S/C13H24N4O3S/c1-4-6-14-11-9-12(17-13(16-11)10-20-3)15-7-8-21(18,19)5-2/h9H,4-8,10H2,1-3H3,(H2,14,15,16,17). The molecule has 0 amide bonds. The molecule has 2 N–H and O–H groups in total. The smallest absolute Gasteiger partial charge is 0.158 e. The lowest BCUT2D eigenvalue weighted by Crippen LogP contribution is -2.18. The number of nitrogens with zero attached hydrogens (tertiary/aromatic N) is 2. The average molecular weight is 316 g/mol. The highest BCUT2D eigenvalue weighted by Crippen LogP contribution is 2.12. The molecule has 0 aliphatic heterocycles. The Labute approximate surface area is 126 Å². The van der Waals surface area contributed by atoms with E-state index in [-0.39, 0.29) is 11.5 Å². The molecule has 1 aromatic rings. The number of nitrogens with one attached hydrogen (secondary N) is 2. The van der Waals surface area contributed by atoms with Gasteiger partial charge in [-0.1, -0.05) is 13.8 Å². The molecule has 1 aromatic heterocycles. The Morgan fingerprint density at radius 1 is 1.14 bits per heavy atom. The first-order valence-corrected chi connectivity index (χ1v) is 8.88. The molecule has 1 heterocycles. The summed E-state index contributed by atoms with van der Waals surface area (Å²) in [5, 5.41) is 6.21. The molecule has 0 saturated carbocycles.